The van der Waals surface area contributed by atoms with Crippen LogP contribution in [0.15, 0.2) is 229 Å². The van der Waals surface area contributed by atoms with Gasteiger partial charge in [-0.05, 0) is 90.7 Å². The van der Waals surface area contributed by atoms with Crippen molar-refractivity contribution in [2.75, 3.05) is 4.90 Å². The zero-order valence-corrected chi connectivity index (χ0v) is 33.2. The summed E-state index contributed by atoms with van der Waals surface area (Å²) in [7, 11) is 0. The summed E-state index contributed by atoms with van der Waals surface area (Å²) in [6, 6.07) is 82.0. The standard InChI is InChI=1S/C59H37NO/c1-3-17-38(18-4-1)39-33-35-42(36-34-39)60(54-37-41-21-7-8-22-43(41)55-48-27-15-26-44(57(48)61-58(54)55)40-19-5-2-6-20-40)53-32-16-31-52-56(53)47-25-11-14-30-51(47)59(52)49-28-12-9-23-45(49)46-24-10-13-29-50(46)59/h1-37H. The number of benzene rings is 10. The Kier molecular flexibility index (Phi) is 7.26. The average molecular weight is 776 g/mol. The molecule has 0 unspecified atom stereocenters. The summed E-state index contributed by atoms with van der Waals surface area (Å²) in [5.74, 6) is 0. The van der Waals surface area contributed by atoms with E-state index in [1.54, 1.807) is 0 Å². The number of para-hydroxylation sites is 1. The Balaban J connectivity index is 1.15. The van der Waals surface area contributed by atoms with E-state index < -0.39 is 5.41 Å². The first-order valence-corrected chi connectivity index (χ1v) is 21.1. The van der Waals surface area contributed by atoms with Gasteiger partial charge in [0.1, 0.15) is 5.58 Å². The smallest absolute Gasteiger partial charge is 0.160 e. The van der Waals surface area contributed by atoms with Gasteiger partial charge in [0.2, 0.25) is 0 Å². The molecule has 0 N–H and O–H groups in total. The molecular formula is C59H37NO. The first kappa shape index (κ1) is 34.0. The zero-order valence-electron chi connectivity index (χ0n) is 33.2. The normalized spacial score (nSPS) is 13.0. The number of furan rings is 1. The second-order valence-electron chi connectivity index (χ2n) is 16.3. The largest absolute Gasteiger partial charge is 0.453 e. The Morgan fingerprint density at radius 2 is 0.869 bits per heavy atom. The summed E-state index contributed by atoms with van der Waals surface area (Å²) >= 11 is 0. The van der Waals surface area contributed by atoms with Gasteiger partial charge < -0.3 is 9.32 Å². The molecule has 1 spiro atoms. The predicted molar refractivity (Wildman–Crippen MR) is 253 cm³/mol. The van der Waals surface area contributed by atoms with Gasteiger partial charge in [0.25, 0.3) is 0 Å². The summed E-state index contributed by atoms with van der Waals surface area (Å²) < 4.78 is 7.33. The van der Waals surface area contributed by atoms with E-state index in [4.69, 9.17) is 4.42 Å². The molecule has 2 aliphatic rings. The number of hydrogen-bond donors (Lipinski definition) is 0. The minimum atomic E-state index is -0.472. The van der Waals surface area contributed by atoms with Gasteiger partial charge in [-0.3, -0.25) is 0 Å². The second kappa shape index (κ2) is 13.0. The summed E-state index contributed by atoms with van der Waals surface area (Å²) in [4.78, 5) is 2.47. The molecule has 0 saturated carbocycles. The molecule has 0 radical (unpaired) electrons. The first-order chi connectivity index (χ1) is 30.3. The lowest BCUT2D eigenvalue weighted by Gasteiger charge is -2.32. The van der Waals surface area contributed by atoms with Crippen LogP contribution in [0.1, 0.15) is 22.3 Å². The Bertz CT molecular complexity index is 3480. The van der Waals surface area contributed by atoms with E-state index in [0.29, 0.717) is 0 Å². The number of fused-ring (bicyclic) bond motifs is 15. The van der Waals surface area contributed by atoms with Gasteiger partial charge in [0.15, 0.2) is 5.58 Å². The van der Waals surface area contributed by atoms with Gasteiger partial charge in [-0.25, -0.2) is 0 Å². The van der Waals surface area contributed by atoms with Crippen LogP contribution in [0.3, 0.4) is 0 Å². The molecule has 10 aromatic carbocycles. The second-order valence-corrected chi connectivity index (χ2v) is 16.3. The monoisotopic (exact) mass is 775 g/mol. The third-order valence-corrected chi connectivity index (χ3v) is 13.3. The summed E-state index contributed by atoms with van der Waals surface area (Å²) in [5, 5.41) is 4.56. The molecule has 0 aliphatic heterocycles. The molecule has 284 valence electrons. The minimum absolute atomic E-state index is 0.472. The fraction of sp³-hybridized carbons (Fsp3) is 0.0169. The highest BCUT2D eigenvalue weighted by atomic mass is 16.3. The van der Waals surface area contributed by atoms with Crippen LogP contribution in [0.4, 0.5) is 17.1 Å². The van der Waals surface area contributed by atoms with Gasteiger partial charge >= 0.3 is 0 Å². The number of nitrogens with zero attached hydrogens (tertiary/aromatic N) is 1. The van der Waals surface area contributed by atoms with Gasteiger partial charge in [-0.1, -0.05) is 200 Å². The Labute approximate surface area is 354 Å². The van der Waals surface area contributed by atoms with Gasteiger partial charge in [0, 0.05) is 27.6 Å². The molecule has 13 rings (SSSR count). The molecular weight excluding hydrogens is 739 g/mol. The first-order valence-electron chi connectivity index (χ1n) is 21.1. The van der Waals surface area contributed by atoms with Crippen molar-refractivity contribution in [3.63, 3.8) is 0 Å². The Morgan fingerprint density at radius 3 is 1.59 bits per heavy atom. The molecule has 0 fully saturated rings. The van der Waals surface area contributed by atoms with Crippen LogP contribution < -0.4 is 4.90 Å². The molecule has 1 aromatic heterocycles. The van der Waals surface area contributed by atoms with Crippen LogP contribution >= 0.6 is 0 Å². The summed E-state index contributed by atoms with van der Waals surface area (Å²) in [6.45, 7) is 0. The van der Waals surface area contributed by atoms with Crippen molar-refractivity contribution in [2.45, 2.75) is 5.41 Å². The molecule has 2 heteroatoms. The van der Waals surface area contributed by atoms with E-state index in [0.717, 1.165) is 55.5 Å². The van der Waals surface area contributed by atoms with E-state index in [1.807, 2.05) is 0 Å². The molecule has 1 heterocycles. The van der Waals surface area contributed by atoms with Crippen LogP contribution in [0.25, 0.3) is 77.2 Å². The van der Waals surface area contributed by atoms with E-state index >= 15 is 0 Å². The van der Waals surface area contributed by atoms with Crippen molar-refractivity contribution < 1.29 is 4.42 Å². The fourth-order valence-corrected chi connectivity index (χ4v) is 10.8. The number of anilines is 3. The topological polar surface area (TPSA) is 16.4 Å². The molecule has 0 bridgehead atoms. The predicted octanol–water partition coefficient (Wildman–Crippen LogP) is 15.9. The van der Waals surface area contributed by atoms with Gasteiger partial charge in [-0.15, -0.1) is 0 Å². The van der Waals surface area contributed by atoms with Crippen molar-refractivity contribution in [3.8, 4) is 44.5 Å². The molecule has 2 nitrogen and oxygen atoms in total. The SMILES string of the molecule is c1ccc(-c2ccc(N(c3cccc4c3-c3ccccc3C43c4ccccc4-c4ccccc43)c3cc4ccccc4c4c3oc3c(-c5ccccc5)cccc34)cc2)cc1. The third kappa shape index (κ3) is 4.73. The van der Waals surface area contributed by atoms with Crippen LogP contribution in [-0.4, -0.2) is 0 Å². The average Bonchev–Trinajstić information content (AvgIpc) is 3.98. The lowest BCUT2D eigenvalue weighted by Crippen LogP contribution is -2.26. The Hall–Kier alpha value is -7.94. The molecule has 2 aliphatic carbocycles. The highest BCUT2D eigenvalue weighted by Crippen LogP contribution is 2.65. The highest BCUT2D eigenvalue weighted by Gasteiger charge is 2.52. The van der Waals surface area contributed by atoms with Crippen molar-refractivity contribution in [1.82, 2.24) is 0 Å². The van der Waals surface area contributed by atoms with Crippen LogP contribution in [-0.2, 0) is 5.41 Å². The summed E-state index contributed by atoms with van der Waals surface area (Å²) in [6.07, 6.45) is 0. The highest BCUT2D eigenvalue weighted by molar-refractivity contribution is 6.24. The maximum absolute atomic E-state index is 7.33. The number of rotatable bonds is 5. The minimum Gasteiger partial charge on any atom is -0.453 e. The lowest BCUT2D eigenvalue weighted by atomic mass is 9.70. The molecule has 0 saturated heterocycles. The molecule has 0 atom stereocenters. The maximum Gasteiger partial charge on any atom is 0.160 e. The Morgan fingerprint density at radius 1 is 0.344 bits per heavy atom. The number of hydrogen-bond acceptors (Lipinski definition) is 2. The fourth-order valence-electron chi connectivity index (χ4n) is 10.8. The van der Waals surface area contributed by atoms with E-state index in [-0.39, 0.29) is 0 Å². The van der Waals surface area contributed by atoms with E-state index in [1.165, 1.54) is 61.0 Å². The lowest BCUT2D eigenvalue weighted by molar-refractivity contribution is 0.670. The maximum atomic E-state index is 7.33. The molecule has 11 aromatic rings. The zero-order chi connectivity index (χ0) is 40.1. The van der Waals surface area contributed by atoms with Crippen molar-refractivity contribution in [3.05, 3.63) is 247 Å². The van der Waals surface area contributed by atoms with E-state index in [9.17, 15) is 0 Å². The van der Waals surface area contributed by atoms with Gasteiger partial charge in [0.05, 0.1) is 16.8 Å². The van der Waals surface area contributed by atoms with Crippen LogP contribution in [0, 0.1) is 0 Å². The van der Waals surface area contributed by atoms with Crippen LogP contribution in [0.2, 0.25) is 0 Å². The van der Waals surface area contributed by atoms with E-state index in [2.05, 4.69) is 229 Å². The van der Waals surface area contributed by atoms with Crippen LogP contribution in [0.5, 0.6) is 0 Å². The van der Waals surface area contributed by atoms with Crippen molar-refractivity contribution in [2.24, 2.45) is 0 Å². The molecule has 61 heavy (non-hydrogen) atoms. The van der Waals surface area contributed by atoms with Crippen molar-refractivity contribution in [1.29, 1.82) is 0 Å². The van der Waals surface area contributed by atoms with Crippen molar-refractivity contribution >= 4 is 49.8 Å². The molecule has 0 amide bonds. The van der Waals surface area contributed by atoms with Gasteiger partial charge in [-0.2, -0.15) is 0 Å². The quantitative estimate of drug-likeness (QED) is 0.173. The third-order valence-electron chi connectivity index (χ3n) is 13.3. The summed E-state index contributed by atoms with van der Waals surface area (Å²) in [5.41, 5.74) is 19.4.